The molecule has 0 aromatic carbocycles. The Balaban J connectivity index is 2.02. The van der Waals surface area contributed by atoms with E-state index < -0.39 is 0 Å². The van der Waals surface area contributed by atoms with Gasteiger partial charge < -0.3 is 0 Å². The van der Waals surface area contributed by atoms with E-state index >= 15 is 0 Å². The molecule has 0 N–H and O–H groups in total. The molecule has 1 aromatic heterocycles. The third-order valence-electron chi connectivity index (χ3n) is 4.08. The van der Waals surface area contributed by atoms with Gasteiger partial charge in [-0.25, -0.2) is 0 Å². The molecule has 1 aliphatic heterocycles. The van der Waals surface area contributed by atoms with Gasteiger partial charge in [-0.15, -0.1) is 11.3 Å². The smallest absolute Gasteiger partial charge is 0.0461 e. The topological polar surface area (TPSA) is 12.4 Å². The lowest BCUT2D eigenvalue weighted by Crippen LogP contribution is -2.12. The number of nitrogens with zero attached hydrogens (tertiary/aromatic N) is 1. The molecule has 0 aliphatic carbocycles. The van der Waals surface area contributed by atoms with Crippen molar-refractivity contribution in [2.45, 2.75) is 59.3 Å². The van der Waals surface area contributed by atoms with Gasteiger partial charge in [-0.1, -0.05) is 33.1 Å². The SMILES string of the molecule is CCCCCCc1ccc(C2=CC(C)=NCC2CC)s1. The number of aryl methyl sites for hydroxylation is 1. The van der Waals surface area contributed by atoms with Gasteiger partial charge in [0.1, 0.15) is 0 Å². The largest absolute Gasteiger partial charge is 0.289 e. The first-order chi connectivity index (χ1) is 9.74. The van der Waals surface area contributed by atoms with Gasteiger partial charge in [0, 0.05) is 27.9 Å². The summed E-state index contributed by atoms with van der Waals surface area (Å²) < 4.78 is 0. The van der Waals surface area contributed by atoms with Crippen LogP contribution in [0.25, 0.3) is 5.57 Å². The normalized spacial score (nSPS) is 18.9. The molecule has 1 aliphatic rings. The van der Waals surface area contributed by atoms with Gasteiger partial charge in [0.15, 0.2) is 0 Å². The molecule has 1 unspecified atom stereocenters. The van der Waals surface area contributed by atoms with Gasteiger partial charge in [-0.3, -0.25) is 4.99 Å². The Morgan fingerprint density at radius 3 is 2.80 bits per heavy atom. The molecule has 20 heavy (non-hydrogen) atoms. The lowest BCUT2D eigenvalue weighted by Gasteiger charge is -2.20. The Labute approximate surface area is 127 Å². The van der Waals surface area contributed by atoms with Crippen LogP contribution >= 0.6 is 11.3 Å². The molecular weight excluding hydrogens is 262 g/mol. The average Bonchev–Trinajstić information content (AvgIpc) is 2.92. The molecule has 0 bridgehead atoms. The number of unbranched alkanes of at least 4 members (excludes halogenated alkanes) is 3. The molecule has 1 atom stereocenters. The molecule has 0 saturated heterocycles. The van der Waals surface area contributed by atoms with Crippen LogP contribution in [0.3, 0.4) is 0 Å². The van der Waals surface area contributed by atoms with E-state index in [0.29, 0.717) is 5.92 Å². The number of hydrogen-bond donors (Lipinski definition) is 0. The van der Waals surface area contributed by atoms with E-state index in [1.165, 1.54) is 54.7 Å². The van der Waals surface area contributed by atoms with Crippen LogP contribution in [0.4, 0.5) is 0 Å². The molecule has 0 radical (unpaired) electrons. The van der Waals surface area contributed by atoms with Crippen LogP contribution in [0.2, 0.25) is 0 Å². The molecule has 2 heteroatoms. The Morgan fingerprint density at radius 1 is 1.20 bits per heavy atom. The van der Waals surface area contributed by atoms with Crippen molar-refractivity contribution in [2.24, 2.45) is 10.9 Å². The van der Waals surface area contributed by atoms with E-state index in [1.807, 2.05) is 11.3 Å². The maximum Gasteiger partial charge on any atom is 0.0461 e. The van der Waals surface area contributed by atoms with Crippen molar-refractivity contribution in [1.82, 2.24) is 0 Å². The maximum absolute atomic E-state index is 4.58. The molecule has 2 heterocycles. The Kier molecular flexibility index (Phi) is 6.03. The van der Waals surface area contributed by atoms with Gasteiger partial charge >= 0.3 is 0 Å². The first kappa shape index (κ1) is 15.5. The number of rotatable bonds is 7. The highest BCUT2D eigenvalue weighted by Crippen LogP contribution is 2.34. The molecule has 1 nitrogen and oxygen atoms in total. The molecule has 0 spiro atoms. The standard InChI is InChI=1S/C18H27NS/c1-4-6-7-8-9-16-10-11-18(20-16)17-12-14(3)19-13-15(17)5-2/h10-12,15H,4-9,13H2,1-3H3. The molecule has 1 aromatic rings. The summed E-state index contributed by atoms with van der Waals surface area (Å²) in [4.78, 5) is 7.60. The molecule has 0 fully saturated rings. The zero-order valence-corrected chi connectivity index (χ0v) is 13.9. The van der Waals surface area contributed by atoms with Crippen LogP contribution < -0.4 is 0 Å². The van der Waals surface area contributed by atoms with Crippen molar-refractivity contribution in [3.63, 3.8) is 0 Å². The highest BCUT2D eigenvalue weighted by molar-refractivity contribution is 7.13. The first-order valence-corrected chi connectivity index (χ1v) is 8.88. The number of hydrogen-bond acceptors (Lipinski definition) is 2. The van der Waals surface area contributed by atoms with Crippen LogP contribution in [-0.2, 0) is 6.42 Å². The highest BCUT2D eigenvalue weighted by atomic mass is 32.1. The van der Waals surface area contributed by atoms with Gasteiger partial charge in [0.25, 0.3) is 0 Å². The van der Waals surface area contributed by atoms with Gasteiger partial charge in [-0.2, -0.15) is 0 Å². The lowest BCUT2D eigenvalue weighted by molar-refractivity contribution is 0.655. The molecular formula is C18H27NS. The first-order valence-electron chi connectivity index (χ1n) is 8.06. The summed E-state index contributed by atoms with van der Waals surface area (Å²) in [5.41, 5.74) is 2.70. The predicted octanol–water partition coefficient (Wildman–Crippen LogP) is 5.76. The van der Waals surface area contributed by atoms with E-state index in [4.69, 9.17) is 0 Å². The van der Waals surface area contributed by atoms with Gasteiger partial charge in [0.05, 0.1) is 0 Å². The third-order valence-corrected chi connectivity index (χ3v) is 5.28. The second-order valence-corrected chi connectivity index (χ2v) is 6.93. The lowest BCUT2D eigenvalue weighted by atomic mass is 9.92. The second-order valence-electron chi connectivity index (χ2n) is 5.76. The zero-order chi connectivity index (χ0) is 14.4. The number of thiophene rings is 1. The molecule has 0 amide bonds. The van der Waals surface area contributed by atoms with E-state index in [-0.39, 0.29) is 0 Å². The highest BCUT2D eigenvalue weighted by Gasteiger charge is 2.19. The third kappa shape index (κ3) is 4.05. The number of allylic oxidation sites excluding steroid dienone is 1. The second kappa shape index (κ2) is 7.78. The van der Waals surface area contributed by atoms with Crippen molar-refractivity contribution in [3.8, 4) is 0 Å². The minimum atomic E-state index is 0.616. The summed E-state index contributed by atoms with van der Waals surface area (Å²) in [6, 6.07) is 4.66. The van der Waals surface area contributed by atoms with Crippen molar-refractivity contribution in [2.75, 3.05) is 6.54 Å². The zero-order valence-electron chi connectivity index (χ0n) is 13.1. The van der Waals surface area contributed by atoms with Crippen molar-refractivity contribution in [3.05, 3.63) is 28.0 Å². The van der Waals surface area contributed by atoms with Crippen LogP contribution in [0.15, 0.2) is 23.2 Å². The van der Waals surface area contributed by atoms with E-state index in [1.54, 1.807) is 4.88 Å². The van der Waals surface area contributed by atoms with Crippen LogP contribution in [-0.4, -0.2) is 12.3 Å². The summed E-state index contributed by atoms with van der Waals surface area (Å²) in [6.45, 7) is 7.63. The Hall–Kier alpha value is -0.890. The average molecular weight is 289 g/mol. The number of dihydropyridines is 1. The predicted molar refractivity (Wildman–Crippen MR) is 91.9 cm³/mol. The van der Waals surface area contributed by atoms with E-state index in [9.17, 15) is 0 Å². The minimum Gasteiger partial charge on any atom is -0.289 e. The van der Waals surface area contributed by atoms with Gasteiger partial charge in [0.2, 0.25) is 0 Å². The summed E-state index contributed by atoms with van der Waals surface area (Å²) in [5, 5.41) is 0. The maximum atomic E-state index is 4.58. The fraction of sp³-hybridized carbons (Fsp3) is 0.611. The minimum absolute atomic E-state index is 0.616. The van der Waals surface area contributed by atoms with Crippen LogP contribution in [0, 0.1) is 5.92 Å². The summed E-state index contributed by atoms with van der Waals surface area (Å²) in [5.74, 6) is 0.616. The summed E-state index contributed by atoms with van der Waals surface area (Å²) >= 11 is 2.00. The van der Waals surface area contributed by atoms with Crippen molar-refractivity contribution >= 4 is 22.6 Å². The van der Waals surface area contributed by atoms with Crippen LogP contribution in [0.1, 0.15) is 62.6 Å². The Morgan fingerprint density at radius 2 is 2.05 bits per heavy atom. The molecule has 0 saturated carbocycles. The van der Waals surface area contributed by atoms with Gasteiger partial charge in [-0.05, 0) is 50.0 Å². The molecule has 2 rings (SSSR count). The fourth-order valence-electron chi connectivity index (χ4n) is 2.76. The summed E-state index contributed by atoms with van der Waals surface area (Å²) in [6.07, 6.45) is 10.1. The van der Waals surface area contributed by atoms with Crippen LogP contribution in [0.5, 0.6) is 0 Å². The monoisotopic (exact) mass is 289 g/mol. The quantitative estimate of drug-likeness (QED) is 0.566. The molecule has 110 valence electrons. The van der Waals surface area contributed by atoms with Crippen molar-refractivity contribution in [1.29, 1.82) is 0 Å². The number of aliphatic imine (C=N–C) groups is 1. The van der Waals surface area contributed by atoms with Crippen molar-refractivity contribution < 1.29 is 0 Å². The fourth-order valence-corrected chi connectivity index (χ4v) is 3.90. The summed E-state index contributed by atoms with van der Waals surface area (Å²) in [7, 11) is 0. The Bertz CT molecular complexity index is 481. The van der Waals surface area contributed by atoms with E-state index in [0.717, 1.165) is 6.54 Å². The van der Waals surface area contributed by atoms with E-state index in [2.05, 4.69) is 44.0 Å².